The molecule has 6 nitrogen and oxygen atoms in total. The van der Waals surface area contributed by atoms with Gasteiger partial charge in [-0.05, 0) is 18.2 Å². The van der Waals surface area contributed by atoms with Crippen molar-refractivity contribution >= 4 is 17.7 Å². The average Bonchev–Trinajstić information content (AvgIpc) is 2.74. The normalized spacial score (nSPS) is 16.6. The van der Waals surface area contributed by atoms with Gasteiger partial charge in [-0.25, -0.2) is 0 Å². The van der Waals surface area contributed by atoms with Crippen LogP contribution in [0.5, 0.6) is 23.0 Å². The molecule has 1 atom stereocenters. The Balaban J connectivity index is 1.98. The Morgan fingerprint density at radius 1 is 1.00 bits per heavy atom. The number of amides is 1. The number of benzene rings is 2. The summed E-state index contributed by atoms with van der Waals surface area (Å²) in [7, 11) is 6.46. The summed E-state index contributed by atoms with van der Waals surface area (Å²) < 4.78 is 21.8. The molecule has 1 heterocycles. The van der Waals surface area contributed by atoms with Crippen molar-refractivity contribution in [3.63, 3.8) is 0 Å². The summed E-state index contributed by atoms with van der Waals surface area (Å²) in [4.78, 5) is 14.7. The number of hydrogen-bond donors (Lipinski definition) is 0. The molecule has 0 N–H and O–H groups in total. The van der Waals surface area contributed by atoms with Crippen LogP contribution >= 0.6 is 11.8 Å². The summed E-state index contributed by atoms with van der Waals surface area (Å²) in [5.41, 5.74) is 1.85. The minimum atomic E-state index is -0.155. The first-order valence-corrected chi connectivity index (χ1v) is 10.0. The molecule has 7 heteroatoms. The Morgan fingerprint density at radius 3 is 2.46 bits per heavy atom. The first-order chi connectivity index (χ1) is 13.6. The van der Waals surface area contributed by atoms with Crippen molar-refractivity contribution < 1.29 is 23.7 Å². The molecule has 1 unspecified atom stereocenters. The number of hydrogen-bond acceptors (Lipinski definition) is 6. The Kier molecular flexibility index (Phi) is 6.57. The van der Waals surface area contributed by atoms with Crippen LogP contribution in [0.3, 0.4) is 0 Å². The van der Waals surface area contributed by atoms with Crippen LogP contribution in [0, 0.1) is 0 Å². The summed E-state index contributed by atoms with van der Waals surface area (Å²) in [6.07, 6.45) is 0.506. The van der Waals surface area contributed by atoms with E-state index in [-0.39, 0.29) is 11.3 Å². The largest absolute Gasteiger partial charge is 0.497 e. The van der Waals surface area contributed by atoms with E-state index in [1.807, 2.05) is 41.3 Å². The number of thioether (sulfide) groups is 1. The lowest BCUT2D eigenvalue weighted by atomic mass is 10.1. The van der Waals surface area contributed by atoms with Gasteiger partial charge in [0.15, 0.2) is 11.5 Å². The van der Waals surface area contributed by atoms with E-state index in [9.17, 15) is 4.79 Å². The molecule has 1 aliphatic heterocycles. The molecule has 2 aromatic carbocycles. The van der Waals surface area contributed by atoms with Gasteiger partial charge < -0.3 is 23.8 Å². The van der Waals surface area contributed by atoms with Gasteiger partial charge in [0.05, 0.1) is 35.0 Å². The lowest BCUT2D eigenvalue weighted by molar-refractivity contribution is -0.132. The highest BCUT2D eigenvalue weighted by atomic mass is 32.2. The Morgan fingerprint density at radius 2 is 1.79 bits per heavy atom. The topological polar surface area (TPSA) is 57.2 Å². The van der Waals surface area contributed by atoms with E-state index in [0.29, 0.717) is 36.0 Å². The number of ether oxygens (including phenoxy) is 4. The predicted molar refractivity (Wildman–Crippen MR) is 109 cm³/mol. The summed E-state index contributed by atoms with van der Waals surface area (Å²) >= 11 is 1.73. The van der Waals surface area contributed by atoms with E-state index >= 15 is 0 Å². The Labute approximate surface area is 169 Å². The summed E-state index contributed by atoms with van der Waals surface area (Å²) in [5, 5.41) is -0.155. The van der Waals surface area contributed by atoms with Crippen molar-refractivity contribution in [1.29, 1.82) is 0 Å². The Bertz CT molecular complexity index is 842. The number of methoxy groups -OCH3 is 4. The van der Waals surface area contributed by atoms with Crippen LogP contribution < -0.4 is 18.9 Å². The lowest BCUT2D eigenvalue weighted by Gasteiger charge is -2.36. The smallest absolute Gasteiger partial charge is 0.224 e. The molecule has 28 heavy (non-hydrogen) atoms. The molecular weight excluding hydrogens is 378 g/mol. The van der Waals surface area contributed by atoms with Gasteiger partial charge in [-0.3, -0.25) is 4.79 Å². The van der Waals surface area contributed by atoms with Crippen LogP contribution in [-0.2, 0) is 11.3 Å². The van der Waals surface area contributed by atoms with Gasteiger partial charge in [-0.1, -0.05) is 12.1 Å². The molecule has 0 saturated carbocycles. The Hall–Kier alpha value is -2.54. The highest BCUT2D eigenvalue weighted by Crippen LogP contribution is 2.44. The van der Waals surface area contributed by atoms with Crippen LogP contribution in [0.25, 0.3) is 0 Å². The van der Waals surface area contributed by atoms with Gasteiger partial charge in [-0.2, -0.15) is 0 Å². The van der Waals surface area contributed by atoms with Crippen LogP contribution in [0.4, 0.5) is 0 Å². The monoisotopic (exact) mass is 403 g/mol. The van der Waals surface area contributed by atoms with E-state index in [2.05, 4.69) is 0 Å². The van der Waals surface area contributed by atoms with E-state index in [4.69, 9.17) is 18.9 Å². The maximum absolute atomic E-state index is 12.8. The van der Waals surface area contributed by atoms with Gasteiger partial charge in [-0.15, -0.1) is 11.8 Å². The van der Waals surface area contributed by atoms with E-state index in [1.54, 1.807) is 40.2 Å². The summed E-state index contributed by atoms with van der Waals surface area (Å²) in [6.45, 7) is 0.423. The maximum atomic E-state index is 12.8. The van der Waals surface area contributed by atoms with Gasteiger partial charge in [0, 0.05) is 29.4 Å². The number of rotatable bonds is 7. The van der Waals surface area contributed by atoms with Crippen molar-refractivity contribution in [2.24, 2.45) is 0 Å². The molecule has 1 aliphatic rings. The zero-order chi connectivity index (χ0) is 20.1. The van der Waals surface area contributed by atoms with Crippen LogP contribution in [-0.4, -0.2) is 45.0 Å². The van der Waals surface area contributed by atoms with Gasteiger partial charge in [0.1, 0.15) is 16.9 Å². The molecule has 0 aromatic heterocycles. The van der Waals surface area contributed by atoms with Crippen molar-refractivity contribution in [2.45, 2.75) is 18.3 Å². The summed E-state index contributed by atoms with van der Waals surface area (Å²) in [6, 6.07) is 11.4. The number of carbonyl (C=O) groups is 1. The zero-order valence-electron chi connectivity index (χ0n) is 16.6. The van der Waals surface area contributed by atoms with E-state index < -0.39 is 0 Å². The first-order valence-electron chi connectivity index (χ1n) is 8.95. The minimum Gasteiger partial charge on any atom is -0.497 e. The number of nitrogens with zero attached hydrogens (tertiary/aromatic N) is 1. The van der Waals surface area contributed by atoms with Crippen molar-refractivity contribution in [1.82, 2.24) is 4.90 Å². The molecule has 0 aliphatic carbocycles. The van der Waals surface area contributed by atoms with Crippen LogP contribution in [0.15, 0.2) is 36.4 Å². The molecule has 2 aromatic rings. The molecule has 1 amide bonds. The van der Waals surface area contributed by atoms with Crippen LogP contribution in [0.2, 0.25) is 0 Å². The predicted octanol–water partition coefficient (Wildman–Crippen LogP) is 3.89. The average molecular weight is 404 g/mol. The quantitative estimate of drug-likeness (QED) is 0.699. The van der Waals surface area contributed by atoms with Crippen molar-refractivity contribution in [2.75, 3.05) is 34.2 Å². The molecule has 0 bridgehead atoms. The fourth-order valence-electron chi connectivity index (χ4n) is 3.34. The highest BCUT2D eigenvalue weighted by Gasteiger charge is 2.32. The fourth-order valence-corrected chi connectivity index (χ4v) is 4.60. The van der Waals surface area contributed by atoms with E-state index in [0.717, 1.165) is 16.9 Å². The minimum absolute atomic E-state index is 0.103. The zero-order valence-corrected chi connectivity index (χ0v) is 17.4. The van der Waals surface area contributed by atoms with Gasteiger partial charge >= 0.3 is 0 Å². The van der Waals surface area contributed by atoms with Crippen molar-refractivity contribution in [3.05, 3.63) is 47.5 Å². The molecule has 0 radical (unpaired) electrons. The number of para-hydroxylation sites is 1. The lowest BCUT2D eigenvalue weighted by Crippen LogP contribution is -2.37. The molecule has 1 fully saturated rings. The molecule has 0 spiro atoms. The second-order valence-electron chi connectivity index (χ2n) is 6.26. The second-order valence-corrected chi connectivity index (χ2v) is 7.44. The third-order valence-electron chi connectivity index (χ3n) is 4.73. The SMILES string of the molecule is COc1ccc(C2SCCC(=O)N2Cc2cccc(OC)c2OC)c(OC)c1. The maximum Gasteiger partial charge on any atom is 0.224 e. The fraction of sp³-hybridized carbons (Fsp3) is 0.381. The molecule has 1 saturated heterocycles. The third-order valence-corrected chi connectivity index (χ3v) is 5.99. The standard InChI is InChI=1S/C21H25NO5S/c1-24-15-8-9-16(18(12-15)26-3)21-22(19(23)10-11-28-21)13-14-6-5-7-17(25-2)20(14)27-4/h5-9,12,21H,10-11,13H2,1-4H3. The first kappa shape index (κ1) is 20.2. The molecule has 150 valence electrons. The van der Waals surface area contributed by atoms with Crippen LogP contribution in [0.1, 0.15) is 22.9 Å². The third kappa shape index (κ3) is 3.99. The van der Waals surface area contributed by atoms with Gasteiger partial charge in [0.2, 0.25) is 5.91 Å². The summed E-state index contributed by atoms with van der Waals surface area (Å²) in [5.74, 6) is 3.59. The van der Waals surface area contributed by atoms with Crippen molar-refractivity contribution in [3.8, 4) is 23.0 Å². The van der Waals surface area contributed by atoms with Gasteiger partial charge in [0.25, 0.3) is 0 Å². The van der Waals surface area contributed by atoms with E-state index in [1.165, 1.54) is 0 Å². The second kappa shape index (κ2) is 9.10. The number of carbonyl (C=O) groups excluding carboxylic acids is 1. The molecular formula is C21H25NO5S. The molecule has 3 rings (SSSR count). The highest BCUT2D eigenvalue weighted by molar-refractivity contribution is 7.99.